The van der Waals surface area contributed by atoms with Gasteiger partial charge >= 0.3 is 5.97 Å². The van der Waals surface area contributed by atoms with Crippen molar-refractivity contribution < 1.29 is 9.90 Å². The van der Waals surface area contributed by atoms with Gasteiger partial charge in [0.1, 0.15) is 5.69 Å². The third-order valence-electron chi connectivity index (χ3n) is 3.45. The summed E-state index contributed by atoms with van der Waals surface area (Å²) in [6.07, 6.45) is 3.87. The Bertz CT molecular complexity index is 603. The van der Waals surface area contributed by atoms with Crippen molar-refractivity contribution in [2.45, 2.75) is 39.2 Å². The first-order valence-electron chi connectivity index (χ1n) is 6.36. The molecule has 0 aliphatic rings. The smallest absolute Gasteiger partial charge is 0.331 e. The van der Waals surface area contributed by atoms with Gasteiger partial charge in [-0.2, -0.15) is 0 Å². The van der Waals surface area contributed by atoms with Gasteiger partial charge in [0.25, 0.3) is 0 Å². The number of hydrogen-bond donors (Lipinski definition) is 1. The lowest BCUT2D eigenvalue weighted by atomic mass is 9.93. The van der Waals surface area contributed by atoms with E-state index < -0.39 is 11.5 Å². The highest BCUT2D eigenvalue weighted by molar-refractivity contribution is 5.77. The van der Waals surface area contributed by atoms with Gasteiger partial charge in [0.2, 0.25) is 5.82 Å². The highest BCUT2D eigenvalue weighted by Crippen LogP contribution is 2.28. The van der Waals surface area contributed by atoms with Gasteiger partial charge in [0.05, 0.1) is 11.9 Å². The number of carboxylic acids is 1. The van der Waals surface area contributed by atoms with Crippen molar-refractivity contribution >= 4 is 5.97 Å². The molecule has 2 aromatic rings. The van der Waals surface area contributed by atoms with Crippen LogP contribution in [-0.2, 0) is 10.3 Å². The molecule has 0 unspecified atom stereocenters. The predicted molar refractivity (Wildman–Crippen MR) is 69.8 cm³/mol. The molecule has 0 atom stereocenters. The highest BCUT2D eigenvalue weighted by Gasteiger charge is 2.40. The maximum Gasteiger partial charge on any atom is 0.331 e. The van der Waals surface area contributed by atoms with Gasteiger partial charge in [-0.15, -0.1) is 5.10 Å². The third-order valence-corrected chi connectivity index (χ3v) is 3.45. The van der Waals surface area contributed by atoms with Crippen LogP contribution in [0.2, 0.25) is 0 Å². The lowest BCUT2D eigenvalue weighted by molar-refractivity contribution is -0.148. The maximum atomic E-state index is 11.7. The molecule has 0 amide bonds. The van der Waals surface area contributed by atoms with E-state index in [0.717, 1.165) is 5.69 Å². The fourth-order valence-corrected chi connectivity index (χ4v) is 2.09. The Morgan fingerprint density at radius 3 is 2.50 bits per heavy atom. The summed E-state index contributed by atoms with van der Waals surface area (Å²) in [7, 11) is 0. The van der Waals surface area contributed by atoms with E-state index >= 15 is 0 Å². The molecule has 2 rings (SSSR count). The Balaban J connectivity index is 2.57. The van der Waals surface area contributed by atoms with E-state index in [9.17, 15) is 9.90 Å². The first-order chi connectivity index (χ1) is 9.55. The van der Waals surface area contributed by atoms with Gasteiger partial charge in [-0.25, -0.2) is 14.5 Å². The number of hydrogen-bond acceptors (Lipinski definition) is 6. The average Bonchev–Trinajstić information content (AvgIpc) is 2.91. The summed E-state index contributed by atoms with van der Waals surface area (Å²) < 4.78 is 1.33. The van der Waals surface area contributed by atoms with Crippen LogP contribution in [0.15, 0.2) is 12.4 Å². The van der Waals surface area contributed by atoms with Crippen LogP contribution in [0.25, 0.3) is 11.5 Å². The second-order valence-corrected chi connectivity index (χ2v) is 4.50. The van der Waals surface area contributed by atoms with Crippen molar-refractivity contribution in [3.05, 3.63) is 18.1 Å². The number of rotatable bonds is 5. The summed E-state index contributed by atoms with van der Waals surface area (Å²) >= 11 is 0. The summed E-state index contributed by atoms with van der Waals surface area (Å²) in [4.78, 5) is 20.0. The van der Waals surface area contributed by atoms with E-state index in [1.807, 2.05) is 6.92 Å². The SMILES string of the molecule is CCC(CC)(C(=O)O)n1nnnc1-c1cnc(C)cn1. The van der Waals surface area contributed by atoms with Crippen LogP contribution in [-0.4, -0.2) is 41.3 Å². The molecule has 20 heavy (non-hydrogen) atoms. The predicted octanol–water partition coefficient (Wildman–Crippen LogP) is 1.04. The summed E-state index contributed by atoms with van der Waals surface area (Å²) in [5.41, 5.74) is 0.0437. The van der Waals surface area contributed by atoms with Crippen LogP contribution in [0, 0.1) is 6.92 Å². The van der Waals surface area contributed by atoms with Crippen molar-refractivity contribution in [3.8, 4) is 11.5 Å². The second-order valence-electron chi connectivity index (χ2n) is 4.50. The van der Waals surface area contributed by atoms with Gasteiger partial charge < -0.3 is 5.11 Å². The van der Waals surface area contributed by atoms with Crippen molar-refractivity contribution in [3.63, 3.8) is 0 Å². The van der Waals surface area contributed by atoms with E-state index in [2.05, 4.69) is 25.5 Å². The molecule has 0 aromatic carbocycles. The van der Waals surface area contributed by atoms with E-state index in [0.29, 0.717) is 24.4 Å². The van der Waals surface area contributed by atoms with Crippen molar-refractivity contribution in [1.82, 2.24) is 30.2 Å². The zero-order valence-electron chi connectivity index (χ0n) is 11.6. The first kappa shape index (κ1) is 14.0. The molecule has 8 heteroatoms. The molecule has 8 nitrogen and oxygen atoms in total. The molecule has 2 aromatic heterocycles. The number of tetrazole rings is 1. The van der Waals surface area contributed by atoms with Crippen molar-refractivity contribution in [2.24, 2.45) is 0 Å². The Morgan fingerprint density at radius 1 is 1.30 bits per heavy atom. The lowest BCUT2D eigenvalue weighted by Crippen LogP contribution is -2.42. The molecular formula is C12H16N6O2. The van der Waals surface area contributed by atoms with Crippen molar-refractivity contribution in [2.75, 3.05) is 0 Å². The Morgan fingerprint density at radius 2 is 2.00 bits per heavy atom. The number of nitrogens with zero attached hydrogens (tertiary/aromatic N) is 6. The minimum absolute atomic E-state index is 0.309. The standard InChI is InChI=1S/C12H16N6O2/c1-4-12(5-2,11(19)20)18-10(15-16-17-18)9-7-13-8(3)6-14-9/h6-7H,4-5H2,1-3H3,(H,19,20). The highest BCUT2D eigenvalue weighted by atomic mass is 16.4. The maximum absolute atomic E-state index is 11.7. The molecule has 0 saturated heterocycles. The Kier molecular flexibility index (Phi) is 3.73. The van der Waals surface area contributed by atoms with E-state index in [1.54, 1.807) is 20.0 Å². The van der Waals surface area contributed by atoms with Gasteiger partial charge in [-0.05, 0) is 30.2 Å². The monoisotopic (exact) mass is 276 g/mol. The van der Waals surface area contributed by atoms with Crippen LogP contribution in [0.5, 0.6) is 0 Å². The number of aliphatic carboxylic acids is 1. The number of aromatic nitrogens is 6. The second kappa shape index (κ2) is 5.32. The van der Waals surface area contributed by atoms with Gasteiger partial charge in [0, 0.05) is 6.20 Å². The van der Waals surface area contributed by atoms with Crippen LogP contribution in [0.3, 0.4) is 0 Å². The van der Waals surface area contributed by atoms with E-state index in [-0.39, 0.29) is 0 Å². The molecule has 0 spiro atoms. The van der Waals surface area contributed by atoms with Crippen LogP contribution < -0.4 is 0 Å². The number of carbonyl (C=O) groups is 1. The molecule has 0 aliphatic heterocycles. The minimum Gasteiger partial charge on any atom is -0.479 e. The Labute approximate surface area is 115 Å². The summed E-state index contributed by atoms with van der Waals surface area (Å²) in [5, 5.41) is 20.9. The number of aryl methyl sites for hydroxylation is 1. The van der Waals surface area contributed by atoms with Gasteiger partial charge in [0.15, 0.2) is 5.54 Å². The van der Waals surface area contributed by atoms with Crippen molar-refractivity contribution in [1.29, 1.82) is 0 Å². The van der Waals surface area contributed by atoms with Crippen LogP contribution in [0.4, 0.5) is 0 Å². The van der Waals surface area contributed by atoms with Gasteiger partial charge in [-0.3, -0.25) is 4.98 Å². The van der Waals surface area contributed by atoms with Crippen LogP contribution >= 0.6 is 0 Å². The largest absolute Gasteiger partial charge is 0.479 e. The molecule has 0 fully saturated rings. The fraction of sp³-hybridized carbons (Fsp3) is 0.500. The molecule has 2 heterocycles. The molecule has 0 bridgehead atoms. The summed E-state index contributed by atoms with van der Waals surface area (Å²) in [6.45, 7) is 5.41. The molecular weight excluding hydrogens is 260 g/mol. The quantitative estimate of drug-likeness (QED) is 0.869. The first-order valence-corrected chi connectivity index (χ1v) is 6.36. The van der Waals surface area contributed by atoms with Crippen LogP contribution in [0.1, 0.15) is 32.4 Å². The topological polar surface area (TPSA) is 107 Å². The minimum atomic E-state index is -1.18. The molecule has 1 N–H and O–H groups in total. The average molecular weight is 276 g/mol. The normalized spacial score (nSPS) is 11.6. The van der Waals surface area contributed by atoms with E-state index in [1.165, 1.54) is 10.9 Å². The fourth-order valence-electron chi connectivity index (χ4n) is 2.09. The summed E-state index contributed by atoms with van der Waals surface area (Å²) in [6, 6.07) is 0. The molecule has 0 aliphatic carbocycles. The zero-order chi connectivity index (χ0) is 14.8. The number of carboxylic acid groups (broad SMARTS) is 1. The van der Waals surface area contributed by atoms with E-state index in [4.69, 9.17) is 0 Å². The van der Waals surface area contributed by atoms with Gasteiger partial charge in [-0.1, -0.05) is 13.8 Å². The molecule has 106 valence electrons. The lowest BCUT2D eigenvalue weighted by Gasteiger charge is -2.27. The Hall–Kier alpha value is -2.38. The third kappa shape index (κ3) is 2.13. The molecule has 0 saturated carbocycles. The zero-order valence-corrected chi connectivity index (χ0v) is 11.6. The summed E-state index contributed by atoms with van der Waals surface area (Å²) in [5.74, 6) is -0.653. The molecule has 0 radical (unpaired) electrons.